The summed E-state index contributed by atoms with van der Waals surface area (Å²) in [6, 6.07) is 0.186. The van der Waals surface area contributed by atoms with E-state index >= 15 is 0 Å². The number of carbonyl (C=O) groups is 1. The Morgan fingerprint density at radius 2 is 2.21 bits per heavy atom. The molecular weight excluding hydrogens is 326 g/mol. The Morgan fingerprint density at radius 1 is 1.42 bits per heavy atom. The van der Waals surface area contributed by atoms with E-state index in [4.69, 9.17) is 9.47 Å². The lowest BCUT2D eigenvalue weighted by molar-refractivity contribution is -0.129. The molecule has 7 heteroatoms. The fourth-order valence-electron chi connectivity index (χ4n) is 3.99. The van der Waals surface area contributed by atoms with Crippen molar-refractivity contribution < 1.29 is 14.3 Å². The van der Waals surface area contributed by atoms with Crippen LogP contribution in [0, 0.1) is 12.8 Å². The summed E-state index contributed by atoms with van der Waals surface area (Å²) < 4.78 is 11.9. The van der Waals surface area contributed by atoms with Crippen molar-refractivity contribution in [3.8, 4) is 0 Å². The molecule has 3 aliphatic rings. The van der Waals surface area contributed by atoms with Gasteiger partial charge < -0.3 is 19.3 Å². The molecule has 3 fully saturated rings. The highest BCUT2D eigenvalue weighted by molar-refractivity contribution is 7.09. The molecule has 132 valence electrons. The third kappa shape index (κ3) is 3.05. The van der Waals surface area contributed by atoms with E-state index < -0.39 is 0 Å². The summed E-state index contributed by atoms with van der Waals surface area (Å²) in [5, 5.41) is 3.13. The average Bonchev–Trinajstić information content (AvgIpc) is 3.25. The first-order valence-corrected chi connectivity index (χ1v) is 9.71. The molecule has 0 aromatic carbocycles. The van der Waals surface area contributed by atoms with Gasteiger partial charge in [-0.2, -0.15) is 0 Å². The van der Waals surface area contributed by atoms with E-state index in [1.165, 1.54) is 0 Å². The average molecular weight is 351 g/mol. The van der Waals surface area contributed by atoms with Crippen LogP contribution in [-0.2, 0) is 16.1 Å². The Morgan fingerprint density at radius 3 is 2.92 bits per heavy atom. The minimum absolute atomic E-state index is 0.173. The molecule has 1 aromatic rings. The number of likely N-dealkylation sites (tertiary alicyclic amines) is 2. The number of thiazole rings is 1. The molecule has 3 saturated heterocycles. The van der Waals surface area contributed by atoms with Gasteiger partial charge in [0, 0.05) is 31.0 Å². The molecule has 0 saturated carbocycles. The second kappa shape index (κ2) is 6.61. The molecular formula is C17H25N3O3S. The minimum Gasteiger partial charge on any atom is -0.375 e. The summed E-state index contributed by atoms with van der Waals surface area (Å²) in [6.07, 6.45) is 3.28. The number of amides is 2. The van der Waals surface area contributed by atoms with Gasteiger partial charge >= 0.3 is 6.03 Å². The highest BCUT2D eigenvalue weighted by Crippen LogP contribution is 2.40. The molecule has 0 unspecified atom stereocenters. The predicted octanol–water partition coefficient (Wildman–Crippen LogP) is 2.27. The van der Waals surface area contributed by atoms with E-state index in [1.807, 2.05) is 16.7 Å². The van der Waals surface area contributed by atoms with Gasteiger partial charge in [0.05, 0.1) is 37.0 Å². The van der Waals surface area contributed by atoms with Crippen molar-refractivity contribution in [1.82, 2.24) is 14.8 Å². The van der Waals surface area contributed by atoms with Gasteiger partial charge in [-0.05, 0) is 26.2 Å². The molecule has 6 nitrogen and oxygen atoms in total. The van der Waals surface area contributed by atoms with E-state index in [9.17, 15) is 4.79 Å². The summed E-state index contributed by atoms with van der Waals surface area (Å²) in [7, 11) is 0. The molecule has 0 aliphatic carbocycles. The van der Waals surface area contributed by atoms with Crippen LogP contribution in [-0.4, -0.2) is 65.8 Å². The Bertz CT molecular complexity index is 594. The Kier molecular flexibility index (Phi) is 4.49. The molecule has 1 aromatic heterocycles. The molecule has 1 atom stereocenters. The van der Waals surface area contributed by atoms with E-state index in [1.54, 1.807) is 11.3 Å². The topological polar surface area (TPSA) is 54.9 Å². The van der Waals surface area contributed by atoms with Gasteiger partial charge in [0.15, 0.2) is 0 Å². The number of urea groups is 1. The monoisotopic (exact) mass is 351 g/mol. The number of carbonyl (C=O) groups excluding carboxylic acids is 1. The van der Waals surface area contributed by atoms with E-state index in [-0.39, 0.29) is 11.6 Å². The zero-order valence-corrected chi connectivity index (χ0v) is 15.0. The molecule has 1 spiro atoms. The van der Waals surface area contributed by atoms with Gasteiger partial charge in [-0.1, -0.05) is 0 Å². The summed E-state index contributed by atoms with van der Waals surface area (Å²) in [5.41, 5.74) is 0.831. The molecule has 3 aliphatic heterocycles. The third-order valence-electron chi connectivity index (χ3n) is 5.40. The van der Waals surface area contributed by atoms with Gasteiger partial charge in [-0.15, -0.1) is 11.3 Å². The summed E-state index contributed by atoms with van der Waals surface area (Å²) in [4.78, 5) is 20.8. The quantitative estimate of drug-likeness (QED) is 0.835. The summed E-state index contributed by atoms with van der Waals surface area (Å²) in [6.45, 7) is 7.27. The molecule has 0 bridgehead atoms. The number of rotatable bonds is 4. The van der Waals surface area contributed by atoms with Gasteiger partial charge in [0.25, 0.3) is 0 Å². The van der Waals surface area contributed by atoms with Crippen LogP contribution in [0.2, 0.25) is 0 Å². The first-order valence-electron chi connectivity index (χ1n) is 8.83. The van der Waals surface area contributed by atoms with Crippen molar-refractivity contribution in [1.29, 1.82) is 0 Å². The first kappa shape index (κ1) is 16.3. The standard InChI is InChI=1S/C17H25N3O3S/c1-13-18-15(10-24-13)9-22-8-14-4-7-23-17(14)11-20(12-17)16(21)19-5-2-3-6-19/h10,14H,2-9,11-12H2,1H3/t14-/m0/s1. The maximum absolute atomic E-state index is 12.4. The Hall–Kier alpha value is -1.18. The molecule has 0 N–H and O–H groups in total. The second-order valence-corrected chi connectivity index (χ2v) is 8.17. The minimum atomic E-state index is -0.173. The van der Waals surface area contributed by atoms with Gasteiger partial charge in [0.2, 0.25) is 0 Å². The summed E-state index contributed by atoms with van der Waals surface area (Å²) in [5.74, 6) is 0.375. The number of hydrogen-bond acceptors (Lipinski definition) is 5. The molecule has 24 heavy (non-hydrogen) atoms. The fraction of sp³-hybridized carbons (Fsp3) is 0.765. The lowest BCUT2D eigenvalue weighted by Gasteiger charge is -2.50. The number of hydrogen-bond donors (Lipinski definition) is 0. The van der Waals surface area contributed by atoms with Crippen LogP contribution in [0.15, 0.2) is 5.38 Å². The van der Waals surface area contributed by atoms with Crippen molar-refractivity contribution >= 4 is 17.4 Å². The van der Waals surface area contributed by atoms with Crippen LogP contribution in [0.1, 0.15) is 30.0 Å². The molecule has 4 heterocycles. The second-order valence-electron chi connectivity index (χ2n) is 7.10. The maximum atomic E-state index is 12.4. The number of aromatic nitrogens is 1. The predicted molar refractivity (Wildman–Crippen MR) is 91.1 cm³/mol. The largest absolute Gasteiger partial charge is 0.375 e. The van der Waals surface area contributed by atoms with E-state index in [2.05, 4.69) is 10.4 Å². The van der Waals surface area contributed by atoms with Crippen molar-refractivity contribution in [2.24, 2.45) is 5.92 Å². The van der Waals surface area contributed by atoms with E-state index in [0.29, 0.717) is 32.2 Å². The van der Waals surface area contributed by atoms with Gasteiger partial charge in [-0.25, -0.2) is 9.78 Å². The van der Waals surface area contributed by atoms with Crippen LogP contribution >= 0.6 is 11.3 Å². The van der Waals surface area contributed by atoms with E-state index in [0.717, 1.165) is 49.7 Å². The lowest BCUT2D eigenvalue weighted by atomic mass is 9.81. The highest BCUT2D eigenvalue weighted by Gasteiger charge is 2.55. The van der Waals surface area contributed by atoms with Crippen molar-refractivity contribution in [3.63, 3.8) is 0 Å². The fourth-order valence-corrected chi connectivity index (χ4v) is 4.59. The Balaban J connectivity index is 1.27. The number of ether oxygens (including phenoxy) is 2. The highest BCUT2D eigenvalue weighted by atomic mass is 32.1. The third-order valence-corrected chi connectivity index (χ3v) is 6.22. The van der Waals surface area contributed by atoms with Crippen LogP contribution in [0.4, 0.5) is 4.79 Å². The SMILES string of the molecule is Cc1nc(COC[C@@H]2CCOC23CN(C(=O)N2CCCC2)C3)cs1. The zero-order valence-electron chi connectivity index (χ0n) is 14.2. The molecule has 4 rings (SSSR count). The maximum Gasteiger partial charge on any atom is 0.320 e. The zero-order chi connectivity index (χ0) is 16.6. The smallest absolute Gasteiger partial charge is 0.320 e. The lowest BCUT2D eigenvalue weighted by Crippen LogP contribution is -2.68. The molecule has 0 radical (unpaired) electrons. The van der Waals surface area contributed by atoms with Crippen LogP contribution in [0.5, 0.6) is 0 Å². The van der Waals surface area contributed by atoms with Gasteiger partial charge in [0.1, 0.15) is 5.60 Å². The summed E-state index contributed by atoms with van der Waals surface area (Å²) >= 11 is 1.65. The van der Waals surface area contributed by atoms with Crippen LogP contribution in [0.25, 0.3) is 0 Å². The van der Waals surface area contributed by atoms with Crippen molar-refractivity contribution in [2.75, 3.05) is 39.4 Å². The van der Waals surface area contributed by atoms with Gasteiger partial charge in [-0.3, -0.25) is 0 Å². The number of aryl methyl sites for hydroxylation is 1. The van der Waals surface area contributed by atoms with Crippen molar-refractivity contribution in [3.05, 3.63) is 16.1 Å². The molecule has 2 amide bonds. The van der Waals surface area contributed by atoms with Crippen molar-refractivity contribution in [2.45, 2.75) is 38.4 Å². The number of nitrogens with zero attached hydrogens (tertiary/aromatic N) is 3. The van der Waals surface area contributed by atoms with Crippen LogP contribution in [0.3, 0.4) is 0 Å². The normalized spacial score (nSPS) is 25.5. The first-order chi connectivity index (χ1) is 11.7. The van der Waals surface area contributed by atoms with Crippen LogP contribution < -0.4 is 0 Å². The Labute approximate surface area is 146 Å².